The molecule has 0 N–H and O–H groups in total. The maximum atomic E-state index is 13.6. The summed E-state index contributed by atoms with van der Waals surface area (Å²) in [6.45, 7) is 0. The van der Waals surface area contributed by atoms with Crippen molar-refractivity contribution in [3.63, 3.8) is 0 Å². The summed E-state index contributed by atoms with van der Waals surface area (Å²) in [5.41, 5.74) is 2.11. The number of ketones is 2. The first-order valence-corrected chi connectivity index (χ1v) is 12.0. The summed E-state index contributed by atoms with van der Waals surface area (Å²) in [6, 6.07) is 19.2. The fraction of sp³-hybridized carbons (Fsp3) is 0.207. The van der Waals surface area contributed by atoms with E-state index in [1.54, 1.807) is 24.3 Å². The second-order valence-electron chi connectivity index (χ2n) is 8.94. The monoisotopic (exact) mass is 488 g/mol. The lowest BCUT2D eigenvalue weighted by Gasteiger charge is -2.32. The fourth-order valence-corrected chi connectivity index (χ4v) is 5.16. The summed E-state index contributed by atoms with van der Waals surface area (Å²) in [5.74, 6) is -2.14. The Kier molecular flexibility index (Phi) is 6.35. The second kappa shape index (κ2) is 9.59. The number of esters is 1. The highest BCUT2D eigenvalue weighted by molar-refractivity contribution is 6.30. The van der Waals surface area contributed by atoms with Crippen LogP contribution in [0.3, 0.4) is 0 Å². The first-order chi connectivity index (χ1) is 16.9. The lowest BCUT2D eigenvalue weighted by molar-refractivity contribution is 0.0574. The van der Waals surface area contributed by atoms with E-state index in [-0.39, 0.29) is 34.2 Å². The number of allylic oxidation sites excluding steroid dienone is 2. The molecule has 0 aliphatic heterocycles. The normalized spacial score (nSPS) is 19.9. The Morgan fingerprint density at radius 3 is 1.97 bits per heavy atom. The highest BCUT2D eigenvalue weighted by Gasteiger charge is 2.39. The molecule has 2 aliphatic carbocycles. The summed E-state index contributed by atoms with van der Waals surface area (Å²) < 4.78 is 18.9. The SMILES string of the molecule is O=C(OC1=C(C2CCC(c3ccc(Cl)cc3)CC2)C(=O)c2ccccc2C1=O)c1ccc(F)cc1. The molecule has 0 bridgehead atoms. The third-order valence-corrected chi connectivity index (χ3v) is 7.12. The van der Waals surface area contributed by atoms with Crippen LogP contribution in [-0.4, -0.2) is 17.5 Å². The van der Waals surface area contributed by atoms with Crippen molar-refractivity contribution in [2.75, 3.05) is 0 Å². The molecule has 35 heavy (non-hydrogen) atoms. The maximum Gasteiger partial charge on any atom is 0.343 e. The minimum absolute atomic E-state index is 0.101. The van der Waals surface area contributed by atoms with Gasteiger partial charge in [-0.3, -0.25) is 9.59 Å². The molecule has 4 nitrogen and oxygen atoms in total. The Morgan fingerprint density at radius 2 is 1.34 bits per heavy atom. The Hall–Kier alpha value is -3.57. The molecule has 176 valence electrons. The molecule has 5 rings (SSSR count). The van der Waals surface area contributed by atoms with Gasteiger partial charge in [0.1, 0.15) is 5.82 Å². The minimum Gasteiger partial charge on any atom is -0.418 e. The number of fused-ring (bicyclic) bond motifs is 1. The van der Waals surface area contributed by atoms with Crippen molar-refractivity contribution >= 4 is 29.1 Å². The first-order valence-electron chi connectivity index (χ1n) is 11.6. The highest BCUT2D eigenvalue weighted by Crippen LogP contribution is 2.42. The van der Waals surface area contributed by atoms with E-state index in [1.807, 2.05) is 24.3 Å². The number of rotatable bonds is 4. The summed E-state index contributed by atoms with van der Waals surface area (Å²) in [7, 11) is 0. The van der Waals surface area contributed by atoms with Crippen molar-refractivity contribution in [1.29, 1.82) is 0 Å². The van der Waals surface area contributed by atoms with Crippen LogP contribution >= 0.6 is 11.6 Å². The Labute approximate surface area is 207 Å². The van der Waals surface area contributed by atoms with Gasteiger partial charge in [-0.1, -0.05) is 48.0 Å². The lowest BCUT2D eigenvalue weighted by atomic mass is 9.72. The predicted octanol–water partition coefficient (Wildman–Crippen LogP) is 6.94. The third kappa shape index (κ3) is 4.56. The largest absolute Gasteiger partial charge is 0.418 e. The van der Waals surface area contributed by atoms with Crippen LogP contribution in [-0.2, 0) is 4.74 Å². The summed E-state index contributed by atoms with van der Waals surface area (Å²) >= 11 is 6.02. The smallest absolute Gasteiger partial charge is 0.343 e. The molecule has 1 saturated carbocycles. The average Bonchev–Trinajstić information content (AvgIpc) is 2.88. The van der Waals surface area contributed by atoms with E-state index in [9.17, 15) is 18.8 Å². The van der Waals surface area contributed by atoms with Crippen LogP contribution in [0.15, 0.2) is 84.1 Å². The van der Waals surface area contributed by atoms with Crippen LogP contribution in [0.1, 0.15) is 68.2 Å². The van der Waals surface area contributed by atoms with Crippen LogP contribution in [0.25, 0.3) is 0 Å². The van der Waals surface area contributed by atoms with Gasteiger partial charge in [0.25, 0.3) is 0 Å². The second-order valence-corrected chi connectivity index (χ2v) is 9.38. The predicted molar refractivity (Wildman–Crippen MR) is 130 cm³/mol. The quantitative estimate of drug-likeness (QED) is 0.373. The highest BCUT2D eigenvalue weighted by atomic mass is 35.5. The lowest BCUT2D eigenvalue weighted by Crippen LogP contribution is -2.30. The van der Waals surface area contributed by atoms with Gasteiger partial charge in [-0.15, -0.1) is 0 Å². The molecule has 3 aromatic rings. The van der Waals surface area contributed by atoms with Gasteiger partial charge in [-0.2, -0.15) is 0 Å². The van der Waals surface area contributed by atoms with Gasteiger partial charge in [0.05, 0.1) is 11.1 Å². The molecular weight excluding hydrogens is 467 g/mol. The molecule has 6 heteroatoms. The van der Waals surface area contributed by atoms with Crippen molar-refractivity contribution in [3.8, 4) is 0 Å². The van der Waals surface area contributed by atoms with Crippen molar-refractivity contribution in [2.24, 2.45) is 5.92 Å². The van der Waals surface area contributed by atoms with Crippen LogP contribution in [0, 0.1) is 11.7 Å². The van der Waals surface area contributed by atoms with Crippen LogP contribution < -0.4 is 0 Å². The van der Waals surface area contributed by atoms with Gasteiger partial charge in [-0.25, -0.2) is 9.18 Å². The molecule has 0 spiro atoms. The Bertz CT molecular complexity index is 1330. The molecule has 2 aliphatic rings. The summed E-state index contributed by atoms with van der Waals surface area (Å²) in [4.78, 5) is 39.8. The number of benzene rings is 3. The van der Waals surface area contributed by atoms with Crippen molar-refractivity contribution in [2.45, 2.75) is 31.6 Å². The first kappa shape index (κ1) is 23.2. The van der Waals surface area contributed by atoms with E-state index in [2.05, 4.69) is 0 Å². The summed E-state index contributed by atoms with van der Waals surface area (Å²) in [5, 5.41) is 0.685. The number of hydrogen-bond acceptors (Lipinski definition) is 4. The number of carbonyl (C=O) groups is 3. The zero-order valence-electron chi connectivity index (χ0n) is 18.8. The molecule has 0 radical (unpaired) electrons. The maximum absolute atomic E-state index is 13.6. The summed E-state index contributed by atoms with van der Waals surface area (Å²) in [6.07, 6.45) is 3.03. The Morgan fingerprint density at radius 1 is 0.771 bits per heavy atom. The van der Waals surface area contributed by atoms with Crippen LogP contribution in [0.4, 0.5) is 4.39 Å². The van der Waals surface area contributed by atoms with E-state index in [4.69, 9.17) is 16.3 Å². The van der Waals surface area contributed by atoms with Crippen molar-refractivity contribution in [1.82, 2.24) is 0 Å². The van der Waals surface area contributed by atoms with Gasteiger partial charge >= 0.3 is 5.97 Å². The molecule has 0 unspecified atom stereocenters. The van der Waals surface area contributed by atoms with E-state index < -0.39 is 17.6 Å². The van der Waals surface area contributed by atoms with Gasteiger partial charge < -0.3 is 4.74 Å². The van der Waals surface area contributed by atoms with Crippen LogP contribution in [0.2, 0.25) is 5.02 Å². The fourth-order valence-electron chi connectivity index (χ4n) is 5.03. The zero-order valence-corrected chi connectivity index (χ0v) is 19.6. The minimum atomic E-state index is -0.798. The topological polar surface area (TPSA) is 60.4 Å². The van der Waals surface area contributed by atoms with Gasteiger partial charge in [-0.05, 0) is 79.5 Å². The zero-order chi connectivity index (χ0) is 24.5. The van der Waals surface area contributed by atoms with Crippen molar-refractivity contribution in [3.05, 3.63) is 117 Å². The van der Waals surface area contributed by atoms with E-state index >= 15 is 0 Å². The molecule has 3 aromatic carbocycles. The van der Waals surface area contributed by atoms with Crippen molar-refractivity contribution < 1.29 is 23.5 Å². The number of carbonyl (C=O) groups excluding carboxylic acids is 3. The van der Waals surface area contributed by atoms with E-state index in [1.165, 1.54) is 17.7 Å². The molecule has 0 heterocycles. The number of hydrogen-bond donors (Lipinski definition) is 0. The van der Waals surface area contributed by atoms with Gasteiger partial charge in [0, 0.05) is 16.1 Å². The molecular formula is C29H22ClFO4. The molecule has 0 aromatic heterocycles. The standard InChI is InChI=1S/C29H22ClFO4/c30-21-13-9-18(10-14-21)17-5-7-19(8-6-17)25-26(32)23-3-1-2-4-24(23)27(33)28(25)35-29(34)20-11-15-22(31)16-12-20/h1-4,9-17,19H,5-8H2. The van der Waals surface area contributed by atoms with Gasteiger partial charge in [0.15, 0.2) is 11.5 Å². The van der Waals surface area contributed by atoms with Crippen LogP contribution in [0.5, 0.6) is 0 Å². The van der Waals surface area contributed by atoms with E-state index in [0.717, 1.165) is 25.0 Å². The average molecular weight is 489 g/mol. The molecule has 0 saturated heterocycles. The van der Waals surface area contributed by atoms with Gasteiger partial charge in [0.2, 0.25) is 5.78 Å². The molecule has 1 fully saturated rings. The number of ether oxygens (including phenoxy) is 1. The number of Topliss-reactive ketones (excluding diaryl/α,β-unsaturated/α-hetero) is 2. The molecule has 0 atom stereocenters. The third-order valence-electron chi connectivity index (χ3n) is 6.86. The van der Waals surface area contributed by atoms with E-state index in [0.29, 0.717) is 29.3 Å². The molecule has 0 amide bonds. The number of halogens is 2. The Balaban J connectivity index is 1.46.